The Balaban J connectivity index is 1.91. The largest absolute Gasteiger partial charge is 0.508 e. The molecule has 0 radical (unpaired) electrons. The van der Waals surface area contributed by atoms with E-state index in [0.29, 0.717) is 0 Å². The summed E-state index contributed by atoms with van der Waals surface area (Å²) in [5.74, 6) is 1.12. The summed E-state index contributed by atoms with van der Waals surface area (Å²) in [5.41, 5.74) is 6.34. The fourth-order valence-corrected chi connectivity index (χ4v) is 3.83. The number of benzene rings is 2. The van der Waals surface area contributed by atoms with Crippen molar-refractivity contribution in [2.45, 2.75) is 51.4 Å². The van der Waals surface area contributed by atoms with Crippen LogP contribution in [-0.2, 0) is 10.8 Å². The molecule has 0 saturated heterocycles. The molecule has 3 heteroatoms. The first-order valence-electron chi connectivity index (χ1n) is 8.60. The molecule has 3 aromatic rings. The second-order valence-corrected chi connectivity index (χ2v) is 8.31. The van der Waals surface area contributed by atoms with Gasteiger partial charge >= 0.3 is 0 Å². The van der Waals surface area contributed by atoms with Crippen LogP contribution in [0.5, 0.6) is 5.75 Å². The van der Waals surface area contributed by atoms with Gasteiger partial charge in [-0.15, -0.1) is 0 Å². The minimum absolute atomic E-state index is 0.191. The van der Waals surface area contributed by atoms with Gasteiger partial charge in [0.05, 0.1) is 11.0 Å². The normalized spacial score (nSPS) is 18.5. The van der Waals surface area contributed by atoms with E-state index in [4.69, 9.17) is 4.98 Å². The highest BCUT2D eigenvalue weighted by Crippen LogP contribution is 2.46. The molecule has 1 heterocycles. The maximum Gasteiger partial charge on any atom is 0.138 e. The van der Waals surface area contributed by atoms with Crippen LogP contribution in [0, 0.1) is 0 Å². The average molecular weight is 320 g/mol. The average Bonchev–Trinajstić information content (AvgIpc) is 2.95. The SMILES string of the molecule is CC1(C)CCC(C)(C)c2cc3[nH]c(-c4ccc(O)cc4)nc3cc21. The molecule has 4 rings (SSSR count). The summed E-state index contributed by atoms with van der Waals surface area (Å²) in [6.45, 7) is 9.34. The highest BCUT2D eigenvalue weighted by Gasteiger charge is 2.37. The molecule has 0 atom stereocenters. The number of nitrogens with one attached hydrogen (secondary N) is 1. The molecule has 1 aliphatic rings. The minimum Gasteiger partial charge on any atom is -0.508 e. The Morgan fingerprint density at radius 2 is 1.50 bits per heavy atom. The first kappa shape index (κ1) is 15.3. The quantitative estimate of drug-likeness (QED) is 0.640. The molecule has 2 N–H and O–H groups in total. The molecular formula is C21H24N2O. The number of rotatable bonds is 1. The zero-order valence-electron chi connectivity index (χ0n) is 14.8. The Kier molecular flexibility index (Phi) is 3.08. The Labute approximate surface area is 142 Å². The molecule has 0 unspecified atom stereocenters. The molecule has 1 aliphatic carbocycles. The smallest absolute Gasteiger partial charge is 0.138 e. The Hall–Kier alpha value is -2.29. The van der Waals surface area contributed by atoms with E-state index in [-0.39, 0.29) is 16.6 Å². The summed E-state index contributed by atoms with van der Waals surface area (Å²) in [6.07, 6.45) is 2.41. The lowest BCUT2D eigenvalue weighted by Crippen LogP contribution is -2.33. The summed E-state index contributed by atoms with van der Waals surface area (Å²) in [7, 11) is 0. The number of aromatic nitrogens is 2. The maximum absolute atomic E-state index is 9.47. The van der Waals surface area contributed by atoms with Gasteiger partial charge in [0.25, 0.3) is 0 Å². The molecule has 24 heavy (non-hydrogen) atoms. The van der Waals surface area contributed by atoms with Crippen molar-refractivity contribution in [3.05, 3.63) is 47.5 Å². The number of fused-ring (bicyclic) bond motifs is 2. The third-order valence-electron chi connectivity index (χ3n) is 5.60. The first-order valence-corrected chi connectivity index (χ1v) is 8.60. The number of imidazole rings is 1. The van der Waals surface area contributed by atoms with Gasteiger partial charge in [-0.1, -0.05) is 27.7 Å². The number of aromatic hydroxyl groups is 1. The van der Waals surface area contributed by atoms with E-state index < -0.39 is 0 Å². The molecule has 0 spiro atoms. The van der Waals surface area contributed by atoms with Crippen LogP contribution >= 0.6 is 0 Å². The van der Waals surface area contributed by atoms with Crippen LogP contribution in [0.1, 0.15) is 51.7 Å². The van der Waals surface area contributed by atoms with Gasteiger partial charge in [-0.05, 0) is 71.2 Å². The molecule has 2 aromatic carbocycles. The van der Waals surface area contributed by atoms with E-state index in [1.165, 1.54) is 24.0 Å². The molecular weight excluding hydrogens is 296 g/mol. The third-order valence-corrected chi connectivity index (χ3v) is 5.60. The molecule has 0 saturated carbocycles. The Bertz CT molecular complexity index is 864. The number of phenolic OH excluding ortho intramolecular Hbond substituents is 1. The van der Waals surface area contributed by atoms with Crippen molar-refractivity contribution in [1.29, 1.82) is 0 Å². The van der Waals surface area contributed by atoms with Crippen LogP contribution in [0.25, 0.3) is 22.4 Å². The number of hydrogen-bond donors (Lipinski definition) is 2. The van der Waals surface area contributed by atoms with Gasteiger partial charge in [-0.3, -0.25) is 0 Å². The molecule has 3 nitrogen and oxygen atoms in total. The molecule has 0 bridgehead atoms. The van der Waals surface area contributed by atoms with Crippen molar-refractivity contribution in [2.24, 2.45) is 0 Å². The zero-order chi connectivity index (χ0) is 17.1. The van der Waals surface area contributed by atoms with Crippen molar-refractivity contribution in [1.82, 2.24) is 9.97 Å². The number of phenols is 1. The summed E-state index contributed by atoms with van der Waals surface area (Å²) < 4.78 is 0. The third kappa shape index (κ3) is 2.31. The van der Waals surface area contributed by atoms with Crippen LogP contribution in [-0.4, -0.2) is 15.1 Å². The standard InChI is InChI=1S/C21H24N2O/c1-20(2)9-10-21(3,4)16-12-18-17(11-15(16)20)22-19(23-18)13-5-7-14(24)8-6-13/h5-8,11-12,24H,9-10H2,1-4H3,(H,22,23). The minimum atomic E-state index is 0.191. The predicted octanol–water partition coefficient (Wildman–Crippen LogP) is 5.28. The van der Waals surface area contributed by atoms with Gasteiger partial charge < -0.3 is 10.1 Å². The van der Waals surface area contributed by atoms with Crippen LogP contribution < -0.4 is 0 Å². The molecule has 1 aromatic heterocycles. The van der Waals surface area contributed by atoms with Crippen molar-refractivity contribution in [3.8, 4) is 17.1 Å². The van der Waals surface area contributed by atoms with Gasteiger partial charge in [-0.25, -0.2) is 4.98 Å². The van der Waals surface area contributed by atoms with Crippen molar-refractivity contribution < 1.29 is 5.11 Å². The number of H-pyrrole nitrogens is 1. The van der Waals surface area contributed by atoms with Crippen LogP contribution in [0.4, 0.5) is 0 Å². The zero-order valence-corrected chi connectivity index (χ0v) is 14.8. The van der Waals surface area contributed by atoms with E-state index >= 15 is 0 Å². The predicted molar refractivity (Wildman–Crippen MR) is 98.5 cm³/mol. The topological polar surface area (TPSA) is 48.9 Å². The second-order valence-electron chi connectivity index (χ2n) is 8.31. The van der Waals surface area contributed by atoms with E-state index in [2.05, 4.69) is 44.8 Å². The van der Waals surface area contributed by atoms with Crippen LogP contribution in [0.2, 0.25) is 0 Å². The molecule has 0 amide bonds. The Morgan fingerprint density at radius 3 is 2.12 bits per heavy atom. The lowest BCUT2D eigenvalue weighted by molar-refractivity contribution is 0.332. The summed E-state index contributed by atoms with van der Waals surface area (Å²) in [6, 6.07) is 11.7. The molecule has 0 aliphatic heterocycles. The van der Waals surface area contributed by atoms with E-state index in [9.17, 15) is 5.11 Å². The fraction of sp³-hybridized carbons (Fsp3) is 0.381. The number of hydrogen-bond acceptors (Lipinski definition) is 2. The van der Waals surface area contributed by atoms with Gasteiger partial charge in [0.2, 0.25) is 0 Å². The van der Waals surface area contributed by atoms with Gasteiger partial charge in [0, 0.05) is 5.56 Å². The van der Waals surface area contributed by atoms with E-state index in [1.54, 1.807) is 12.1 Å². The maximum atomic E-state index is 9.47. The van der Waals surface area contributed by atoms with Crippen molar-refractivity contribution in [3.63, 3.8) is 0 Å². The Morgan fingerprint density at radius 1 is 0.917 bits per heavy atom. The molecule has 124 valence electrons. The number of aromatic amines is 1. The lowest BCUT2D eigenvalue weighted by atomic mass is 9.63. The number of nitrogens with zero attached hydrogens (tertiary/aromatic N) is 1. The van der Waals surface area contributed by atoms with E-state index in [1.807, 2.05) is 12.1 Å². The lowest BCUT2D eigenvalue weighted by Gasteiger charge is -2.41. The van der Waals surface area contributed by atoms with Gasteiger partial charge in [0.15, 0.2) is 0 Å². The van der Waals surface area contributed by atoms with Crippen LogP contribution in [0.3, 0.4) is 0 Å². The highest BCUT2D eigenvalue weighted by atomic mass is 16.3. The fourth-order valence-electron chi connectivity index (χ4n) is 3.83. The summed E-state index contributed by atoms with van der Waals surface area (Å²) in [4.78, 5) is 8.25. The van der Waals surface area contributed by atoms with Gasteiger partial charge in [0.1, 0.15) is 11.6 Å². The van der Waals surface area contributed by atoms with E-state index in [0.717, 1.165) is 22.4 Å². The first-order chi connectivity index (χ1) is 11.3. The van der Waals surface area contributed by atoms with Crippen molar-refractivity contribution in [2.75, 3.05) is 0 Å². The van der Waals surface area contributed by atoms with Crippen molar-refractivity contribution >= 4 is 11.0 Å². The highest BCUT2D eigenvalue weighted by molar-refractivity contribution is 5.82. The second kappa shape index (κ2) is 4.85. The summed E-state index contributed by atoms with van der Waals surface area (Å²) in [5, 5.41) is 9.47. The molecule has 0 fully saturated rings. The van der Waals surface area contributed by atoms with Crippen LogP contribution in [0.15, 0.2) is 36.4 Å². The monoisotopic (exact) mass is 320 g/mol. The summed E-state index contributed by atoms with van der Waals surface area (Å²) >= 11 is 0. The van der Waals surface area contributed by atoms with Gasteiger partial charge in [-0.2, -0.15) is 0 Å².